The third-order valence-electron chi connectivity index (χ3n) is 4.35. The molecule has 1 aromatic carbocycles. The van der Waals surface area contributed by atoms with E-state index in [-0.39, 0.29) is 12.4 Å². The van der Waals surface area contributed by atoms with Crippen molar-refractivity contribution in [3.05, 3.63) is 54.4 Å². The van der Waals surface area contributed by atoms with Crippen molar-refractivity contribution >= 4 is 23.7 Å². The summed E-state index contributed by atoms with van der Waals surface area (Å²) in [5, 5.41) is 14.4. The quantitative estimate of drug-likeness (QED) is 0.504. The Labute approximate surface area is 166 Å². The number of hydrogen-bond donors (Lipinski definition) is 2. The second-order valence-corrected chi connectivity index (χ2v) is 6.91. The van der Waals surface area contributed by atoms with E-state index in [1.54, 1.807) is 23.0 Å². The molecule has 0 unspecified atom stereocenters. The summed E-state index contributed by atoms with van der Waals surface area (Å²) in [6.07, 6.45) is 4.16. The number of pyridine rings is 1. The molecule has 0 aliphatic rings. The van der Waals surface area contributed by atoms with Crippen LogP contribution in [0.2, 0.25) is 0 Å². The van der Waals surface area contributed by atoms with Gasteiger partial charge >= 0.3 is 0 Å². The number of aliphatic hydroxyl groups excluding tert-OH is 1. The number of aryl methyl sites for hydroxylation is 2. The Hall–Kier alpha value is -2.84. The fraction of sp³-hybridized carbons (Fsp3) is 0.200. The number of rotatable bonds is 5. The maximum atomic E-state index is 13.4. The van der Waals surface area contributed by atoms with Crippen molar-refractivity contribution < 1.29 is 9.50 Å². The average Bonchev–Trinajstić information content (AvgIpc) is 3.09. The molecular formula is C20H18FN5OS. The Balaban J connectivity index is 1.95. The first-order chi connectivity index (χ1) is 13.5. The number of fused-ring (bicyclic) bond motifs is 1. The lowest BCUT2D eigenvalue weighted by Gasteiger charge is -2.11. The number of benzene rings is 1. The Morgan fingerprint density at radius 1 is 1.14 bits per heavy atom. The van der Waals surface area contributed by atoms with Gasteiger partial charge in [-0.15, -0.1) is 12.6 Å². The van der Waals surface area contributed by atoms with Crippen LogP contribution < -0.4 is 0 Å². The zero-order chi connectivity index (χ0) is 19.7. The van der Waals surface area contributed by atoms with Gasteiger partial charge in [0.05, 0.1) is 11.4 Å². The maximum Gasteiger partial charge on any atom is 0.181 e. The van der Waals surface area contributed by atoms with E-state index >= 15 is 0 Å². The van der Waals surface area contributed by atoms with Crippen LogP contribution in [0.1, 0.15) is 12.2 Å². The number of hydrogen-bond acceptors (Lipinski definition) is 6. The van der Waals surface area contributed by atoms with E-state index in [0.717, 1.165) is 16.5 Å². The van der Waals surface area contributed by atoms with Crippen LogP contribution in [0.3, 0.4) is 0 Å². The van der Waals surface area contributed by atoms with Gasteiger partial charge in [0.2, 0.25) is 0 Å². The van der Waals surface area contributed by atoms with Gasteiger partial charge in [0.25, 0.3) is 0 Å². The molecule has 4 rings (SSSR count). The molecule has 0 bridgehead atoms. The van der Waals surface area contributed by atoms with E-state index in [2.05, 4.69) is 27.7 Å². The lowest BCUT2D eigenvalue weighted by molar-refractivity contribution is 0.277. The van der Waals surface area contributed by atoms with E-state index in [9.17, 15) is 4.39 Å². The predicted molar refractivity (Wildman–Crippen MR) is 108 cm³/mol. The summed E-state index contributed by atoms with van der Waals surface area (Å²) in [6.45, 7) is 2.50. The lowest BCUT2D eigenvalue weighted by Crippen LogP contribution is -2.00. The summed E-state index contributed by atoms with van der Waals surface area (Å²) in [6, 6.07) is 8.13. The van der Waals surface area contributed by atoms with Crippen molar-refractivity contribution in [3.63, 3.8) is 0 Å². The Morgan fingerprint density at radius 3 is 2.68 bits per heavy atom. The number of aromatic nitrogens is 5. The van der Waals surface area contributed by atoms with Gasteiger partial charge in [-0.25, -0.2) is 19.3 Å². The van der Waals surface area contributed by atoms with Crippen molar-refractivity contribution in [1.82, 2.24) is 24.7 Å². The molecule has 3 heterocycles. The molecule has 1 N–H and O–H groups in total. The largest absolute Gasteiger partial charge is 0.396 e. The maximum absolute atomic E-state index is 13.4. The number of halogens is 1. The van der Waals surface area contributed by atoms with E-state index in [0.29, 0.717) is 40.7 Å². The second-order valence-electron chi connectivity index (χ2n) is 6.42. The summed E-state index contributed by atoms with van der Waals surface area (Å²) in [5.74, 6) is 0.309. The summed E-state index contributed by atoms with van der Waals surface area (Å²) in [7, 11) is 0. The minimum absolute atomic E-state index is 0.0962. The molecule has 0 radical (unpaired) electrons. The zero-order valence-corrected chi connectivity index (χ0v) is 16.1. The van der Waals surface area contributed by atoms with Crippen molar-refractivity contribution in [2.45, 2.75) is 24.8 Å². The first-order valence-corrected chi connectivity index (χ1v) is 9.28. The number of thiol groups is 1. The van der Waals surface area contributed by atoms with Gasteiger partial charge in [-0.1, -0.05) is 0 Å². The van der Waals surface area contributed by atoms with Crippen molar-refractivity contribution in [2.24, 2.45) is 0 Å². The van der Waals surface area contributed by atoms with Gasteiger partial charge in [-0.3, -0.25) is 4.68 Å². The molecular weight excluding hydrogens is 377 g/mol. The minimum Gasteiger partial charge on any atom is -0.396 e. The van der Waals surface area contributed by atoms with Gasteiger partial charge in [-0.2, -0.15) is 5.10 Å². The molecule has 4 aromatic rings. The molecule has 3 aromatic heterocycles. The van der Waals surface area contributed by atoms with Crippen molar-refractivity contribution in [1.29, 1.82) is 0 Å². The minimum atomic E-state index is -0.313. The van der Waals surface area contributed by atoms with E-state index in [1.807, 2.05) is 19.2 Å². The fourth-order valence-corrected chi connectivity index (χ4v) is 3.25. The van der Waals surface area contributed by atoms with Crippen LogP contribution in [-0.2, 0) is 6.54 Å². The van der Waals surface area contributed by atoms with E-state index < -0.39 is 0 Å². The Morgan fingerprint density at radius 2 is 1.93 bits per heavy atom. The molecule has 6 nitrogen and oxygen atoms in total. The molecule has 28 heavy (non-hydrogen) atoms. The van der Waals surface area contributed by atoms with Crippen LogP contribution >= 0.6 is 12.6 Å². The van der Waals surface area contributed by atoms with Crippen LogP contribution in [0.5, 0.6) is 0 Å². The zero-order valence-electron chi connectivity index (χ0n) is 15.2. The Bertz CT molecular complexity index is 1140. The van der Waals surface area contributed by atoms with Crippen molar-refractivity contribution in [3.8, 4) is 22.5 Å². The summed E-state index contributed by atoms with van der Waals surface area (Å²) in [5.41, 5.74) is 3.41. The smallest absolute Gasteiger partial charge is 0.181 e. The third-order valence-corrected chi connectivity index (χ3v) is 4.68. The normalized spacial score (nSPS) is 11.3. The SMILES string of the molecule is Cc1ncc(S)c(-c2cc3cn(CCCO)nc3nc2-c2ccc(F)cc2)n1. The second kappa shape index (κ2) is 7.65. The van der Waals surface area contributed by atoms with Gasteiger partial charge in [0.15, 0.2) is 5.65 Å². The van der Waals surface area contributed by atoms with Gasteiger partial charge < -0.3 is 5.11 Å². The van der Waals surface area contributed by atoms with Crippen LogP contribution in [0.4, 0.5) is 4.39 Å². The lowest BCUT2D eigenvalue weighted by atomic mass is 10.0. The standard InChI is InChI=1S/C20H18FN5OS/c1-12-22-10-17(28)19(23-12)16-9-14-11-26(7-2-8-27)25-20(14)24-18(16)13-3-5-15(21)6-4-13/h3-6,9-11,27-28H,2,7-8H2,1H3. The summed E-state index contributed by atoms with van der Waals surface area (Å²) in [4.78, 5) is 14.1. The molecule has 0 fully saturated rings. The first-order valence-electron chi connectivity index (χ1n) is 8.83. The van der Waals surface area contributed by atoms with Gasteiger partial charge in [-0.05, 0) is 43.7 Å². The summed E-state index contributed by atoms with van der Waals surface area (Å²) >= 11 is 4.52. The Kier molecular flexibility index (Phi) is 5.06. The number of aliphatic hydroxyl groups is 1. The predicted octanol–water partition coefficient (Wildman–Crippen LogP) is 3.67. The molecule has 0 atom stereocenters. The molecule has 142 valence electrons. The van der Waals surface area contributed by atoms with Crippen LogP contribution in [0, 0.1) is 12.7 Å². The molecule has 0 spiro atoms. The first kappa shape index (κ1) is 18.5. The monoisotopic (exact) mass is 395 g/mol. The summed E-state index contributed by atoms with van der Waals surface area (Å²) < 4.78 is 15.2. The van der Waals surface area contributed by atoms with Crippen LogP contribution in [0.25, 0.3) is 33.5 Å². The van der Waals surface area contributed by atoms with Crippen LogP contribution in [-0.4, -0.2) is 36.4 Å². The molecule has 0 saturated heterocycles. The van der Waals surface area contributed by atoms with Crippen molar-refractivity contribution in [2.75, 3.05) is 6.61 Å². The molecule has 0 aliphatic carbocycles. The molecule has 8 heteroatoms. The highest BCUT2D eigenvalue weighted by Gasteiger charge is 2.17. The van der Waals surface area contributed by atoms with Crippen LogP contribution in [0.15, 0.2) is 47.6 Å². The molecule has 0 saturated carbocycles. The highest BCUT2D eigenvalue weighted by Crippen LogP contribution is 2.35. The highest BCUT2D eigenvalue weighted by atomic mass is 32.1. The van der Waals surface area contributed by atoms with E-state index in [4.69, 9.17) is 10.1 Å². The topological polar surface area (TPSA) is 76.7 Å². The van der Waals surface area contributed by atoms with Gasteiger partial charge in [0.1, 0.15) is 11.6 Å². The average molecular weight is 395 g/mol. The van der Waals surface area contributed by atoms with Gasteiger partial charge in [0, 0.05) is 47.0 Å². The van der Waals surface area contributed by atoms with E-state index in [1.165, 1.54) is 12.1 Å². The fourth-order valence-electron chi connectivity index (χ4n) is 3.02. The highest BCUT2D eigenvalue weighted by molar-refractivity contribution is 7.80. The molecule has 0 amide bonds. The third kappa shape index (κ3) is 3.61. The number of nitrogens with zero attached hydrogens (tertiary/aromatic N) is 5. The molecule has 0 aliphatic heterocycles.